The van der Waals surface area contributed by atoms with Crippen LogP contribution < -0.4 is 4.74 Å². The number of benzene rings is 1. The third-order valence-electron chi connectivity index (χ3n) is 3.03. The molecule has 1 saturated carbocycles. The lowest BCUT2D eigenvalue weighted by molar-refractivity contribution is 0.0785. The number of hydrogen-bond donors (Lipinski definition) is 0. The molecule has 0 aliphatic heterocycles. The summed E-state index contributed by atoms with van der Waals surface area (Å²) in [5.41, 5.74) is 1.16. The maximum Gasteiger partial charge on any atom is 0.255 e. The maximum absolute atomic E-state index is 12.2. The van der Waals surface area contributed by atoms with Crippen LogP contribution in [-0.2, 0) is 0 Å². The van der Waals surface area contributed by atoms with Crippen molar-refractivity contribution in [1.82, 2.24) is 4.90 Å². The van der Waals surface area contributed by atoms with Crippen LogP contribution in [0.1, 0.15) is 28.8 Å². The molecule has 1 fully saturated rings. The molecule has 0 heterocycles. The van der Waals surface area contributed by atoms with E-state index in [1.165, 1.54) is 0 Å². The number of carbonyl (C=O) groups is 1. The Labute approximate surface area is 101 Å². The third kappa shape index (κ3) is 2.26. The van der Waals surface area contributed by atoms with E-state index in [1.807, 2.05) is 7.05 Å². The fourth-order valence-electron chi connectivity index (χ4n) is 1.77. The van der Waals surface area contributed by atoms with Crippen molar-refractivity contribution in [1.29, 1.82) is 0 Å². The van der Waals surface area contributed by atoms with Crippen LogP contribution in [0, 0.1) is 12.3 Å². The second kappa shape index (κ2) is 4.50. The van der Waals surface area contributed by atoms with Crippen molar-refractivity contribution >= 4 is 5.91 Å². The smallest absolute Gasteiger partial charge is 0.255 e. The fraction of sp³-hybridized carbons (Fsp3) is 0.357. The van der Waals surface area contributed by atoms with Crippen molar-refractivity contribution in [2.24, 2.45) is 0 Å². The summed E-state index contributed by atoms with van der Waals surface area (Å²) in [6.07, 6.45) is 7.60. The van der Waals surface area contributed by atoms with Crippen molar-refractivity contribution in [3.63, 3.8) is 0 Å². The van der Waals surface area contributed by atoms with Crippen LogP contribution in [0.15, 0.2) is 18.2 Å². The van der Waals surface area contributed by atoms with E-state index in [0.717, 1.165) is 12.8 Å². The molecule has 0 saturated heterocycles. The first-order valence-electron chi connectivity index (χ1n) is 5.59. The van der Waals surface area contributed by atoms with Gasteiger partial charge in [0.1, 0.15) is 5.75 Å². The average Bonchev–Trinajstić information content (AvgIpc) is 3.20. The highest BCUT2D eigenvalue weighted by Gasteiger charge is 2.30. The Morgan fingerprint density at radius 2 is 2.24 bits per heavy atom. The standard InChI is InChI=1S/C14H15NO2/c1-4-10-9-12(17-3)7-8-13(10)14(16)15(2)11-5-6-11/h1,7-9,11H,5-6H2,2-3H3. The number of carbonyl (C=O) groups excluding carboxylic acids is 1. The van der Waals surface area contributed by atoms with Crippen LogP contribution >= 0.6 is 0 Å². The molecule has 88 valence electrons. The third-order valence-corrected chi connectivity index (χ3v) is 3.03. The van der Waals surface area contributed by atoms with Gasteiger partial charge in [0.2, 0.25) is 0 Å². The Balaban J connectivity index is 2.31. The van der Waals surface area contributed by atoms with E-state index in [9.17, 15) is 4.79 Å². The minimum atomic E-state index is -0.0110. The zero-order chi connectivity index (χ0) is 12.4. The summed E-state index contributed by atoms with van der Waals surface area (Å²) in [7, 11) is 3.40. The molecule has 0 atom stereocenters. The van der Waals surface area contributed by atoms with E-state index < -0.39 is 0 Å². The Bertz CT molecular complexity index is 483. The highest BCUT2D eigenvalue weighted by atomic mass is 16.5. The van der Waals surface area contributed by atoms with Crippen molar-refractivity contribution in [2.45, 2.75) is 18.9 Å². The molecule has 1 aromatic rings. The molecule has 0 unspecified atom stereocenters. The van der Waals surface area contributed by atoms with Gasteiger partial charge >= 0.3 is 0 Å². The molecular weight excluding hydrogens is 214 g/mol. The summed E-state index contributed by atoms with van der Waals surface area (Å²) in [5, 5.41) is 0. The summed E-state index contributed by atoms with van der Waals surface area (Å²) in [4.78, 5) is 14.0. The first-order chi connectivity index (χ1) is 8.17. The topological polar surface area (TPSA) is 29.5 Å². The molecule has 2 rings (SSSR count). The number of ether oxygens (including phenoxy) is 1. The zero-order valence-electron chi connectivity index (χ0n) is 10.1. The van der Waals surface area contributed by atoms with Crippen molar-refractivity contribution in [3.05, 3.63) is 29.3 Å². The molecule has 17 heavy (non-hydrogen) atoms. The monoisotopic (exact) mass is 229 g/mol. The van der Waals surface area contributed by atoms with E-state index in [1.54, 1.807) is 30.2 Å². The number of terminal acetylenes is 1. The molecule has 0 bridgehead atoms. The number of nitrogens with zero attached hydrogens (tertiary/aromatic N) is 1. The summed E-state index contributed by atoms with van der Waals surface area (Å²) in [6, 6.07) is 5.59. The van der Waals surface area contributed by atoms with Crippen LogP contribution in [0.5, 0.6) is 5.75 Å². The first-order valence-corrected chi connectivity index (χ1v) is 5.59. The van der Waals surface area contributed by atoms with Crippen LogP contribution in [0.2, 0.25) is 0 Å². The van der Waals surface area contributed by atoms with Gasteiger partial charge in [0.15, 0.2) is 0 Å². The maximum atomic E-state index is 12.2. The molecule has 1 aliphatic rings. The average molecular weight is 229 g/mol. The predicted octanol–water partition coefficient (Wildman–Crippen LogP) is 1.91. The minimum Gasteiger partial charge on any atom is -0.497 e. The molecule has 1 aromatic carbocycles. The van der Waals surface area contributed by atoms with Gasteiger partial charge in [0, 0.05) is 18.7 Å². The Morgan fingerprint density at radius 1 is 1.53 bits per heavy atom. The van der Waals surface area contributed by atoms with Gasteiger partial charge in [-0.25, -0.2) is 0 Å². The van der Waals surface area contributed by atoms with Gasteiger partial charge in [0.05, 0.1) is 12.7 Å². The molecular formula is C14H15NO2. The Hall–Kier alpha value is -1.95. The van der Waals surface area contributed by atoms with Gasteiger partial charge in [-0.2, -0.15) is 0 Å². The molecule has 1 amide bonds. The van der Waals surface area contributed by atoms with E-state index in [-0.39, 0.29) is 5.91 Å². The van der Waals surface area contributed by atoms with Crippen LogP contribution in [0.4, 0.5) is 0 Å². The minimum absolute atomic E-state index is 0.0110. The number of methoxy groups -OCH3 is 1. The van der Waals surface area contributed by atoms with E-state index >= 15 is 0 Å². The highest BCUT2D eigenvalue weighted by Crippen LogP contribution is 2.28. The Morgan fingerprint density at radius 3 is 2.76 bits per heavy atom. The summed E-state index contributed by atoms with van der Waals surface area (Å²) in [5.74, 6) is 3.20. The van der Waals surface area contributed by atoms with Crippen LogP contribution in [0.25, 0.3) is 0 Å². The Kier molecular flexibility index (Phi) is 3.06. The largest absolute Gasteiger partial charge is 0.497 e. The lowest BCUT2D eigenvalue weighted by Crippen LogP contribution is -2.29. The molecule has 0 aromatic heterocycles. The lowest BCUT2D eigenvalue weighted by Gasteiger charge is -2.17. The van der Waals surface area contributed by atoms with Gasteiger partial charge in [0.25, 0.3) is 5.91 Å². The number of hydrogen-bond acceptors (Lipinski definition) is 2. The van der Waals surface area contributed by atoms with Gasteiger partial charge in [-0.15, -0.1) is 6.42 Å². The van der Waals surface area contributed by atoms with Crippen LogP contribution in [-0.4, -0.2) is 31.0 Å². The normalized spacial score (nSPS) is 13.9. The van der Waals surface area contributed by atoms with E-state index in [4.69, 9.17) is 11.2 Å². The van der Waals surface area contributed by atoms with E-state index in [2.05, 4.69) is 5.92 Å². The second-order valence-electron chi connectivity index (χ2n) is 4.20. The quantitative estimate of drug-likeness (QED) is 0.741. The lowest BCUT2D eigenvalue weighted by atomic mass is 10.1. The van der Waals surface area contributed by atoms with Crippen molar-refractivity contribution < 1.29 is 9.53 Å². The summed E-state index contributed by atoms with van der Waals surface area (Å²) < 4.78 is 5.09. The summed E-state index contributed by atoms with van der Waals surface area (Å²) >= 11 is 0. The van der Waals surface area contributed by atoms with Crippen molar-refractivity contribution in [3.8, 4) is 18.1 Å². The van der Waals surface area contributed by atoms with Gasteiger partial charge in [-0.3, -0.25) is 4.79 Å². The fourth-order valence-corrected chi connectivity index (χ4v) is 1.77. The van der Waals surface area contributed by atoms with Gasteiger partial charge < -0.3 is 9.64 Å². The predicted molar refractivity (Wildman–Crippen MR) is 66.0 cm³/mol. The molecule has 0 N–H and O–H groups in total. The zero-order valence-corrected chi connectivity index (χ0v) is 10.1. The number of rotatable bonds is 3. The molecule has 0 radical (unpaired) electrons. The molecule has 0 spiro atoms. The molecule has 1 aliphatic carbocycles. The van der Waals surface area contributed by atoms with Crippen molar-refractivity contribution in [2.75, 3.05) is 14.2 Å². The SMILES string of the molecule is C#Cc1cc(OC)ccc1C(=O)N(C)C1CC1. The summed E-state index contributed by atoms with van der Waals surface area (Å²) in [6.45, 7) is 0. The number of amides is 1. The van der Waals surface area contributed by atoms with Crippen LogP contribution in [0.3, 0.4) is 0 Å². The highest BCUT2D eigenvalue weighted by molar-refractivity contribution is 5.97. The van der Waals surface area contributed by atoms with Gasteiger partial charge in [-0.05, 0) is 31.0 Å². The second-order valence-corrected chi connectivity index (χ2v) is 4.20. The molecule has 3 heteroatoms. The van der Waals surface area contributed by atoms with Gasteiger partial charge in [-0.1, -0.05) is 5.92 Å². The molecule has 3 nitrogen and oxygen atoms in total. The first kappa shape index (κ1) is 11.5. The van der Waals surface area contributed by atoms with E-state index in [0.29, 0.717) is 22.9 Å².